The molecule has 0 aromatic heterocycles. The van der Waals surface area contributed by atoms with Gasteiger partial charge in [0.15, 0.2) is 0 Å². The maximum Gasteiger partial charge on any atom is 0.220 e. The molecule has 2 heterocycles. The largest absolute Gasteiger partial charge is 0.492 e. The van der Waals surface area contributed by atoms with E-state index in [-0.39, 0.29) is 6.29 Å². The standard InChI is InChI=1S/C23H42N5O/c1-5-27(6-2)15-16-29-22-9-7-21(8-10-22)26-23-25-17-20(18-28(23,3)4)19-11-13-24-14-12-19/h7-10,19-20,23-26H,5-6,11-18H2,1-4H3/q+1. The molecule has 2 unspecified atom stereocenters. The zero-order chi connectivity index (χ0) is 20.7. The Bertz CT molecular complexity index is 596. The molecular formula is C23H42N5O+. The lowest BCUT2D eigenvalue weighted by molar-refractivity contribution is -0.923. The molecule has 2 aliphatic rings. The van der Waals surface area contributed by atoms with Gasteiger partial charge in [0.05, 0.1) is 20.6 Å². The topological polar surface area (TPSA) is 48.6 Å². The fraction of sp³-hybridized carbons (Fsp3) is 0.739. The van der Waals surface area contributed by atoms with Crippen molar-refractivity contribution in [2.24, 2.45) is 11.8 Å². The van der Waals surface area contributed by atoms with Gasteiger partial charge >= 0.3 is 0 Å². The number of likely N-dealkylation sites (N-methyl/N-ethyl adjacent to an activating group) is 1. The highest BCUT2D eigenvalue weighted by Gasteiger charge is 2.39. The van der Waals surface area contributed by atoms with Crippen molar-refractivity contribution < 1.29 is 9.22 Å². The molecule has 0 radical (unpaired) electrons. The van der Waals surface area contributed by atoms with E-state index in [0.717, 1.165) is 60.5 Å². The molecule has 2 fully saturated rings. The number of ether oxygens (including phenoxy) is 1. The summed E-state index contributed by atoms with van der Waals surface area (Å²) in [6.07, 6.45) is 2.88. The number of hydrogen-bond acceptors (Lipinski definition) is 5. The van der Waals surface area contributed by atoms with Gasteiger partial charge in [-0.1, -0.05) is 13.8 Å². The molecule has 3 rings (SSSR count). The van der Waals surface area contributed by atoms with E-state index in [1.165, 1.54) is 32.5 Å². The average molecular weight is 405 g/mol. The lowest BCUT2D eigenvalue weighted by Crippen LogP contribution is -2.67. The first-order valence-corrected chi connectivity index (χ1v) is 11.5. The van der Waals surface area contributed by atoms with Crippen LogP contribution in [0.4, 0.5) is 5.69 Å². The van der Waals surface area contributed by atoms with Crippen molar-refractivity contribution in [3.63, 3.8) is 0 Å². The van der Waals surface area contributed by atoms with E-state index in [1.54, 1.807) is 0 Å². The van der Waals surface area contributed by atoms with Crippen molar-refractivity contribution in [3.05, 3.63) is 24.3 Å². The number of nitrogens with one attached hydrogen (secondary N) is 3. The fourth-order valence-corrected chi connectivity index (χ4v) is 4.78. The van der Waals surface area contributed by atoms with Crippen LogP contribution in [-0.2, 0) is 0 Å². The number of rotatable bonds is 9. The smallest absolute Gasteiger partial charge is 0.220 e. The zero-order valence-electron chi connectivity index (χ0n) is 18.9. The van der Waals surface area contributed by atoms with Crippen LogP contribution in [0.5, 0.6) is 5.75 Å². The minimum atomic E-state index is 0.238. The third-order valence-corrected chi connectivity index (χ3v) is 6.76. The summed E-state index contributed by atoms with van der Waals surface area (Å²) < 4.78 is 6.87. The average Bonchev–Trinajstić information content (AvgIpc) is 2.74. The fourth-order valence-electron chi connectivity index (χ4n) is 4.78. The van der Waals surface area contributed by atoms with Crippen molar-refractivity contribution >= 4 is 5.69 Å². The van der Waals surface area contributed by atoms with Crippen LogP contribution in [0.15, 0.2) is 24.3 Å². The monoisotopic (exact) mass is 404 g/mol. The highest BCUT2D eigenvalue weighted by atomic mass is 16.5. The van der Waals surface area contributed by atoms with Crippen LogP contribution >= 0.6 is 0 Å². The van der Waals surface area contributed by atoms with Gasteiger partial charge < -0.3 is 20.3 Å². The second-order valence-electron chi connectivity index (χ2n) is 9.16. The van der Waals surface area contributed by atoms with Crippen LogP contribution in [0.3, 0.4) is 0 Å². The number of nitrogens with zero attached hydrogens (tertiary/aromatic N) is 2. The molecule has 2 atom stereocenters. The van der Waals surface area contributed by atoms with Gasteiger partial charge in [0.1, 0.15) is 12.4 Å². The van der Waals surface area contributed by atoms with Crippen molar-refractivity contribution in [2.45, 2.75) is 33.0 Å². The van der Waals surface area contributed by atoms with Crippen LogP contribution in [0, 0.1) is 11.8 Å². The quantitative estimate of drug-likeness (QED) is 0.552. The van der Waals surface area contributed by atoms with E-state index < -0.39 is 0 Å². The van der Waals surface area contributed by atoms with E-state index in [0.29, 0.717) is 0 Å². The molecule has 0 amide bonds. The van der Waals surface area contributed by atoms with Gasteiger partial charge in [0.2, 0.25) is 6.29 Å². The molecule has 3 N–H and O–H groups in total. The van der Waals surface area contributed by atoms with Gasteiger partial charge in [-0.15, -0.1) is 0 Å². The van der Waals surface area contributed by atoms with Gasteiger partial charge in [-0.2, -0.15) is 0 Å². The van der Waals surface area contributed by atoms with E-state index in [9.17, 15) is 0 Å². The SMILES string of the molecule is CCN(CC)CCOc1ccc(NC2NCC(C3CCNCC3)C[N+]2(C)C)cc1. The van der Waals surface area contributed by atoms with Crippen molar-refractivity contribution in [1.29, 1.82) is 0 Å². The summed E-state index contributed by atoms with van der Waals surface area (Å²) in [4.78, 5) is 2.38. The molecule has 2 aliphatic heterocycles. The molecule has 6 heteroatoms. The Labute approximate surface area is 177 Å². The van der Waals surface area contributed by atoms with Crippen LogP contribution in [-0.4, -0.2) is 82.2 Å². The second kappa shape index (κ2) is 10.6. The molecule has 0 saturated carbocycles. The van der Waals surface area contributed by atoms with Crippen molar-refractivity contribution in [1.82, 2.24) is 15.5 Å². The summed E-state index contributed by atoms with van der Waals surface area (Å²) in [5.74, 6) is 2.57. The summed E-state index contributed by atoms with van der Waals surface area (Å²) in [6.45, 7) is 12.9. The highest BCUT2D eigenvalue weighted by molar-refractivity contribution is 5.46. The van der Waals surface area contributed by atoms with Crippen molar-refractivity contribution in [2.75, 3.05) is 71.8 Å². The van der Waals surface area contributed by atoms with Gasteiger partial charge in [-0.25, -0.2) is 5.32 Å². The lowest BCUT2D eigenvalue weighted by Gasteiger charge is -2.47. The van der Waals surface area contributed by atoms with E-state index in [4.69, 9.17) is 4.74 Å². The van der Waals surface area contributed by atoms with Gasteiger partial charge in [-0.05, 0) is 69.2 Å². The molecule has 29 heavy (non-hydrogen) atoms. The van der Waals surface area contributed by atoms with Crippen LogP contribution in [0.25, 0.3) is 0 Å². The molecule has 2 saturated heterocycles. The zero-order valence-corrected chi connectivity index (χ0v) is 18.9. The third-order valence-electron chi connectivity index (χ3n) is 6.76. The minimum absolute atomic E-state index is 0.238. The third kappa shape index (κ3) is 6.32. The number of quaternary nitrogens is 1. The van der Waals surface area contributed by atoms with E-state index >= 15 is 0 Å². The van der Waals surface area contributed by atoms with E-state index in [2.05, 4.69) is 73.1 Å². The Balaban J connectivity index is 1.48. The van der Waals surface area contributed by atoms with Crippen LogP contribution in [0.1, 0.15) is 26.7 Å². The summed E-state index contributed by atoms with van der Waals surface area (Å²) >= 11 is 0. The summed E-state index contributed by atoms with van der Waals surface area (Å²) in [6, 6.07) is 8.41. The molecule has 1 aromatic carbocycles. The molecular weight excluding hydrogens is 362 g/mol. The van der Waals surface area contributed by atoms with Crippen molar-refractivity contribution in [3.8, 4) is 5.75 Å². The summed E-state index contributed by atoms with van der Waals surface area (Å²) in [7, 11) is 4.67. The first-order valence-electron chi connectivity index (χ1n) is 11.5. The summed E-state index contributed by atoms with van der Waals surface area (Å²) in [5, 5.41) is 11.0. The Morgan fingerprint density at radius 2 is 1.76 bits per heavy atom. The summed E-state index contributed by atoms with van der Waals surface area (Å²) in [5.41, 5.74) is 1.14. The molecule has 0 bridgehead atoms. The van der Waals surface area contributed by atoms with E-state index in [1.807, 2.05) is 0 Å². The Morgan fingerprint density at radius 3 is 2.38 bits per heavy atom. The van der Waals surface area contributed by atoms with Gasteiger partial charge in [0, 0.05) is 24.7 Å². The Kier molecular flexibility index (Phi) is 8.18. The Hall–Kier alpha value is -1.34. The van der Waals surface area contributed by atoms with Gasteiger partial charge in [0.25, 0.3) is 0 Å². The maximum absolute atomic E-state index is 5.91. The molecule has 0 aliphatic carbocycles. The number of hydrogen-bond donors (Lipinski definition) is 3. The van der Waals surface area contributed by atoms with Gasteiger partial charge in [-0.3, -0.25) is 4.48 Å². The normalized spacial score (nSPS) is 25.1. The number of anilines is 1. The number of benzene rings is 1. The predicted octanol–water partition coefficient (Wildman–Crippen LogP) is 2.40. The molecule has 1 aromatic rings. The molecule has 164 valence electrons. The number of piperidine rings is 1. The highest BCUT2D eigenvalue weighted by Crippen LogP contribution is 2.28. The Morgan fingerprint density at radius 1 is 1.07 bits per heavy atom. The second-order valence-corrected chi connectivity index (χ2v) is 9.16. The lowest BCUT2D eigenvalue weighted by atomic mass is 9.83. The van der Waals surface area contributed by atoms with Crippen LogP contribution in [0.2, 0.25) is 0 Å². The predicted molar refractivity (Wildman–Crippen MR) is 121 cm³/mol. The minimum Gasteiger partial charge on any atom is -0.492 e. The molecule has 0 spiro atoms. The molecule has 6 nitrogen and oxygen atoms in total. The first kappa shape index (κ1) is 22.3. The first-order chi connectivity index (χ1) is 14.0. The van der Waals surface area contributed by atoms with Crippen LogP contribution < -0.4 is 20.7 Å². The maximum atomic E-state index is 5.91.